The fourth-order valence-electron chi connectivity index (χ4n) is 1.89. The van der Waals surface area contributed by atoms with Crippen LogP contribution in [-0.4, -0.2) is 37.2 Å². The molecule has 0 atom stereocenters. The number of ether oxygens (including phenoxy) is 1. The van der Waals surface area contributed by atoms with E-state index in [4.69, 9.17) is 4.74 Å². The summed E-state index contributed by atoms with van der Waals surface area (Å²) in [6.45, 7) is 8.30. The zero-order valence-electron chi connectivity index (χ0n) is 13.0. The van der Waals surface area contributed by atoms with Crippen LogP contribution in [0.2, 0.25) is 0 Å². The van der Waals surface area contributed by atoms with Crippen LogP contribution in [0.25, 0.3) is 0 Å². The summed E-state index contributed by atoms with van der Waals surface area (Å²) < 4.78 is 5.62. The van der Waals surface area contributed by atoms with Gasteiger partial charge in [0.25, 0.3) is 0 Å². The van der Waals surface area contributed by atoms with Crippen molar-refractivity contribution in [2.24, 2.45) is 10.9 Å². The first-order chi connectivity index (χ1) is 10.3. The van der Waals surface area contributed by atoms with Gasteiger partial charge in [-0.15, -0.1) is 11.3 Å². The lowest BCUT2D eigenvalue weighted by atomic mass is 10.4. The minimum Gasteiger partial charge on any atom is -0.381 e. The minimum absolute atomic E-state index is 0.680. The number of thiazole rings is 1. The van der Waals surface area contributed by atoms with Crippen LogP contribution in [0.1, 0.15) is 36.1 Å². The quantitative estimate of drug-likeness (QED) is 0.417. The maximum absolute atomic E-state index is 5.62. The number of nitrogens with zero attached hydrogens (tertiary/aromatic N) is 2. The summed E-state index contributed by atoms with van der Waals surface area (Å²) in [5.41, 5.74) is 0. The number of hydrogen-bond donors (Lipinski definition) is 2. The van der Waals surface area contributed by atoms with Crippen molar-refractivity contribution in [3.05, 3.63) is 16.1 Å². The van der Waals surface area contributed by atoms with Crippen LogP contribution in [0.5, 0.6) is 0 Å². The van der Waals surface area contributed by atoms with Gasteiger partial charge in [-0.3, -0.25) is 0 Å². The summed E-state index contributed by atoms with van der Waals surface area (Å²) in [4.78, 5) is 10.0. The summed E-state index contributed by atoms with van der Waals surface area (Å²) in [7, 11) is 0. The lowest BCUT2D eigenvalue weighted by Gasteiger charge is -2.11. The van der Waals surface area contributed by atoms with Gasteiger partial charge in [0.05, 0.1) is 11.6 Å². The summed E-state index contributed by atoms with van der Waals surface area (Å²) in [5.74, 6) is 1.71. The predicted octanol–water partition coefficient (Wildman–Crippen LogP) is 2.32. The van der Waals surface area contributed by atoms with E-state index in [1.807, 2.05) is 13.1 Å². The molecule has 118 valence electrons. The van der Waals surface area contributed by atoms with Gasteiger partial charge >= 0.3 is 0 Å². The second-order valence-corrected chi connectivity index (χ2v) is 6.66. The average molecular weight is 310 g/mol. The van der Waals surface area contributed by atoms with Crippen LogP contribution in [0.3, 0.4) is 0 Å². The normalized spacial score (nSPS) is 15.2. The Morgan fingerprint density at radius 1 is 1.48 bits per heavy atom. The molecular weight excluding hydrogens is 284 g/mol. The molecule has 0 spiro atoms. The molecule has 0 unspecified atom stereocenters. The van der Waals surface area contributed by atoms with Gasteiger partial charge in [-0.25, -0.2) is 9.98 Å². The molecule has 0 radical (unpaired) electrons. The molecule has 1 fully saturated rings. The molecule has 0 bridgehead atoms. The summed E-state index contributed by atoms with van der Waals surface area (Å²) in [5, 5.41) is 7.69. The van der Waals surface area contributed by atoms with E-state index in [9.17, 15) is 0 Å². The van der Waals surface area contributed by atoms with Gasteiger partial charge in [0.1, 0.15) is 0 Å². The number of rotatable bonds is 9. The highest BCUT2D eigenvalue weighted by Gasteiger charge is 2.20. The van der Waals surface area contributed by atoms with Crippen molar-refractivity contribution in [1.29, 1.82) is 0 Å². The first kappa shape index (κ1) is 16.2. The Kier molecular flexibility index (Phi) is 6.95. The van der Waals surface area contributed by atoms with Crippen molar-refractivity contribution < 1.29 is 4.74 Å². The Morgan fingerprint density at radius 2 is 2.33 bits per heavy atom. The molecule has 2 N–H and O–H groups in total. The Hall–Kier alpha value is -1.14. The van der Waals surface area contributed by atoms with E-state index in [0.717, 1.165) is 49.6 Å². The number of aromatic nitrogens is 1. The van der Waals surface area contributed by atoms with Gasteiger partial charge in [-0.2, -0.15) is 0 Å². The molecule has 2 rings (SSSR count). The highest BCUT2D eigenvalue weighted by Crippen LogP contribution is 2.28. The molecule has 0 aromatic carbocycles. The van der Waals surface area contributed by atoms with Gasteiger partial charge in [-0.1, -0.05) is 0 Å². The van der Waals surface area contributed by atoms with E-state index in [1.165, 1.54) is 17.7 Å². The topological polar surface area (TPSA) is 58.5 Å². The standard InChI is InChI=1S/C15H26N4OS/c1-3-16-15(19-10-14-9-18-12(2)21-14)17-7-4-8-20-11-13-5-6-13/h9,13H,3-8,10-11H2,1-2H3,(H2,16,17,19). The zero-order valence-corrected chi connectivity index (χ0v) is 13.8. The van der Waals surface area contributed by atoms with Crippen molar-refractivity contribution in [1.82, 2.24) is 15.6 Å². The molecule has 6 heteroatoms. The molecule has 5 nitrogen and oxygen atoms in total. The Labute approximate surface area is 131 Å². The first-order valence-electron chi connectivity index (χ1n) is 7.79. The maximum atomic E-state index is 5.62. The minimum atomic E-state index is 0.680. The van der Waals surface area contributed by atoms with Crippen LogP contribution in [0.15, 0.2) is 11.2 Å². The Bertz CT molecular complexity index is 443. The Morgan fingerprint density at radius 3 is 3.00 bits per heavy atom. The lowest BCUT2D eigenvalue weighted by molar-refractivity contribution is 0.123. The molecule has 1 aromatic rings. The van der Waals surface area contributed by atoms with Crippen LogP contribution in [-0.2, 0) is 11.3 Å². The van der Waals surface area contributed by atoms with Crippen LogP contribution in [0.4, 0.5) is 0 Å². The highest BCUT2D eigenvalue weighted by molar-refractivity contribution is 7.11. The molecular formula is C15H26N4OS. The third-order valence-electron chi connectivity index (χ3n) is 3.21. The van der Waals surface area contributed by atoms with Crippen LogP contribution < -0.4 is 10.6 Å². The van der Waals surface area contributed by atoms with Crippen molar-refractivity contribution in [3.8, 4) is 0 Å². The third-order valence-corrected chi connectivity index (χ3v) is 4.11. The number of guanidine groups is 1. The fraction of sp³-hybridized carbons (Fsp3) is 0.733. The molecule has 0 aliphatic heterocycles. The molecule has 1 saturated carbocycles. The predicted molar refractivity (Wildman–Crippen MR) is 87.8 cm³/mol. The lowest BCUT2D eigenvalue weighted by Crippen LogP contribution is -2.38. The molecule has 1 aliphatic carbocycles. The molecule has 1 aromatic heterocycles. The summed E-state index contributed by atoms with van der Waals surface area (Å²) in [6.07, 6.45) is 5.62. The number of aliphatic imine (C=N–C) groups is 1. The maximum Gasteiger partial charge on any atom is 0.191 e. The second kappa shape index (κ2) is 9.00. The van der Waals surface area contributed by atoms with E-state index in [-0.39, 0.29) is 0 Å². The molecule has 1 heterocycles. The van der Waals surface area contributed by atoms with Crippen molar-refractivity contribution in [3.63, 3.8) is 0 Å². The SMILES string of the molecule is CCNC(=NCc1cnc(C)s1)NCCCOCC1CC1. The van der Waals surface area contributed by atoms with E-state index in [0.29, 0.717) is 6.54 Å². The van der Waals surface area contributed by atoms with E-state index >= 15 is 0 Å². The summed E-state index contributed by atoms with van der Waals surface area (Å²) >= 11 is 1.70. The van der Waals surface area contributed by atoms with Crippen molar-refractivity contribution in [2.45, 2.75) is 39.7 Å². The largest absolute Gasteiger partial charge is 0.381 e. The van der Waals surface area contributed by atoms with E-state index in [2.05, 4.69) is 27.5 Å². The van der Waals surface area contributed by atoms with Gasteiger partial charge in [0.2, 0.25) is 0 Å². The zero-order chi connectivity index (χ0) is 14.9. The van der Waals surface area contributed by atoms with Crippen LogP contribution in [0, 0.1) is 12.8 Å². The highest BCUT2D eigenvalue weighted by atomic mass is 32.1. The monoisotopic (exact) mass is 310 g/mol. The molecule has 0 amide bonds. The van der Waals surface area contributed by atoms with Gasteiger partial charge in [-0.05, 0) is 39.0 Å². The third kappa shape index (κ3) is 6.91. The van der Waals surface area contributed by atoms with E-state index in [1.54, 1.807) is 11.3 Å². The smallest absolute Gasteiger partial charge is 0.191 e. The average Bonchev–Trinajstić information content (AvgIpc) is 3.21. The van der Waals surface area contributed by atoms with Gasteiger partial charge < -0.3 is 15.4 Å². The Balaban J connectivity index is 1.62. The number of aryl methyl sites for hydroxylation is 1. The second-order valence-electron chi connectivity index (χ2n) is 5.34. The number of nitrogens with one attached hydrogen (secondary N) is 2. The van der Waals surface area contributed by atoms with Crippen LogP contribution >= 0.6 is 11.3 Å². The summed E-state index contributed by atoms with van der Waals surface area (Å²) in [6, 6.07) is 0. The first-order valence-corrected chi connectivity index (χ1v) is 8.60. The van der Waals surface area contributed by atoms with Crippen molar-refractivity contribution >= 4 is 17.3 Å². The van der Waals surface area contributed by atoms with Crippen molar-refractivity contribution in [2.75, 3.05) is 26.3 Å². The molecule has 0 saturated heterocycles. The fourth-order valence-corrected chi connectivity index (χ4v) is 2.61. The number of hydrogen-bond acceptors (Lipinski definition) is 4. The van der Waals surface area contributed by atoms with Gasteiger partial charge in [0, 0.05) is 37.4 Å². The van der Waals surface area contributed by atoms with Gasteiger partial charge in [0.15, 0.2) is 5.96 Å². The molecule has 1 aliphatic rings. The van der Waals surface area contributed by atoms with E-state index < -0.39 is 0 Å². The molecule has 21 heavy (non-hydrogen) atoms.